The van der Waals surface area contributed by atoms with Gasteiger partial charge in [-0.2, -0.15) is 0 Å². The molecule has 21 heavy (non-hydrogen) atoms. The standard InChI is InChI=1S/C16H24N2O3/c1-16(2)11-18-13-10-12(5-6-14(13)21-16)7-9-17-8-3-4-15(19)20/h5-6,10,17-18H,3-4,7-9,11H2,1-2H3,(H,19,20). The molecule has 116 valence electrons. The Labute approximate surface area is 125 Å². The van der Waals surface area contributed by atoms with E-state index in [4.69, 9.17) is 9.84 Å². The van der Waals surface area contributed by atoms with Crippen LogP contribution < -0.4 is 15.4 Å². The molecule has 1 aliphatic heterocycles. The smallest absolute Gasteiger partial charge is 0.303 e. The highest BCUT2D eigenvalue weighted by Gasteiger charge is 2.25. The summed E-state index contributed by atoms with van der Waals surface area (Å²) in [6, 6.07) is 6.23. The van der Waals surface area contributed by atoms with Crippen molar-refractivity contribution in [3.05, 3.63) is 23.8 Å². The van der Waals surface area contributed by atoms with E-state index in [9.17, 15) is 4.79 Å². The summed E-state index contributed by atoms with van der Waals surface area (Å²) in [5.41, 5.74) is 2.13. The molecule has 0 saturated carbocycles. The fraction of sp³-hybridized carbons (Fsp3) is 0.562. The monoisotopic (exact) mass is 292 g/mol. The fourth-order valence-corrected chi connectivity index (χ4v) is 2.32. The van der Waals surface area contributed by atoms with E-state index in [1.54, 1.807) is 0 Å². The molecule has 0 aromatic heterocycles. The van der Waals surface area contributed by atoms with Crippen LogP contribution in [0.1, 0.15) is 32.3 Å². The van der Waals surface area contributed by atoms with Gasteiger partial charge in [-0.05, 0) is 57.5 Å². The Bertz CT molecular complexity index is 500. The normalized spacial score (nSPS) is 15.7. The zero-order valence-electron chi connectivity index (χ0n) is 12.7. The highest BCUT2D eigenvalue weighted by Crippen LogP contribution is 2.33. The van der Waals surface area contributed by atoms with Crippen molar-refractivity contribution in [2.45, 2.75) is 38.7 Å². The quantitative estimate of drug-likeness (QED) is 0.673. The minimum absolute atomic E-state index is 0.166. The summed E-state index contributed by atoms with van der Waals surface area (Å²) in [6.45, 7) is 6.53. The molecule has 0 unspecified atom stereocenters. The number of hydrogen-bond acceptors (Lipinski definition) is 4. The van der Waals surface area contributed by atoms with Crippen LogP contribution in [-0.4, -0.2) is 36.3 Å². The topological polar surface area (TPSA) is 70.6 Å². The predicted octanol–water partition coefficient (Wildman–Crippen LogP) is 2.27. The first-order chi connectivity index (χ1) is 9.96. The maximum Gasteiger partial charge on any atom is 0.303 e. The van der Waals surface area contributed by atoms with Crippen molar-refractivity contribution in [2.24, 2.45) is 0 Å². The van der Waals surface area contributed by atoms with Crippen LogP contribution in [-0.2, 0) is 11.2 Å². The third-order valence-corrected chi connectivity index (χ3v) is 3.47. The van der Waals surface area contributed by atoms with Gasteiger partial charge in [0.25, 0.3) is 0 Å². The number of carbonyl (C=O) groups is 1. The van der Waals surface area contributed by atoms with Crippen molar-refractivity contribution in [2.75, 3.05) is 25.0 Å². The molecule has 0 saturated heterocycles. The highest BCUT2D eigenvalue weighted by molar-refractivity contribution is 5.66. The molecule has 1 aromatic rings. The second-order valence-electron chi connectivity index (χ2n) is 6.04. The number of nitrogens with one attached hydrogen (secondary N) is 2. The summed E-state index contributed by atoms with van der Waals surface area (Å²) < 4.78 is 5.92. The molecule has 0 radical (unpaired) electrons. The second-order valence-corrected chi connectivity index (χ2v) is 6.04. The van der Waals surface area contributed by atoms with Crippen molar-refractivity contribution in [1.82, 2.24) is 5.32 Å². The van der Waals surface area contributed by atoms with Crippen LogP contribution in [0.5, 0.6) is 5.75 Å². The summed E-state index contributed by atoms with van der Waals surface area (Å²) in [5, 5.41) is 15.2. The Hall–Kier alpha value is -1.75. The summed E-state index contributed by atoms with van der Waals surface area (Å²) in [6.07, 6.45) is 1.82. The molecule has 0 amide bonds. The number of rotatable bonds is 7. The van der Waals surface area contributed by atoms with Crippen LogP contribution in [0.15, 0.2) is 18.2 Å². The molecule has 1 aliphatic rings. The zero-order chi connectivity index (χ0) is 15.3. The Morgan fingerprint density at radius 1 is 1.43 bits per heavy atom. The van der Waals surface area contributed by atoms with Crippen molar-refractivity contribution in [3.8, 4) is 5.75 Å². The lowest BCUT2D eigenvalue weighted by molar-refractivity contribution is -0.137. The number of benzene rings is 1. The van der Waals surface area contributed by atoms with E-state index >= 15 is 0 Å². The third-order valence-electron chi connectivity index (χ3n) is 3.47. The molecule has 0 spiro atoms. The van der Waals surface area contributed by atoms with Gasteiger partial charge in [-0.15, -0.1) is 0 Å². The van der Waals surface area contributed by atoms with Gasteiger partial charge >= 0.3 is 5.97 Å². The Morgan fingerprint density at radius 2 is 2.24 bits per heavy atom. The number of carboxylic acid groups (broad SMARTS) is 1. The van der Waals surface area contributed by atoms with Gasteiger partial charge in [0.1, 0.15) is 11.4 Å². The summed E-state index contributed by atoms with van der Waals surface area (Å²) in [4.78, 5) is 10.4. The van der Waals surface area contributed by atoms with Crippen molar-refractivity contribution >= 4 is 11.7 Å². The third kappa shape index (κ3) is 4.93. The number of carboxylic acids is 1. The number of anilines is 1. The molecule has 1 heterocycles. The average molecular weight is 292 g/mol. The molecular formula is C16H24N2O3. The molecule has 0 atom stereocenters. The molecule has 3 N–H and O–H groups in total. The van der Waals surface area contributed by atoms with Gasteiger partial charge in [0.05, 0.1) is 12.2 Å². The average Bonchev–Trinajstić information content (AvgIpc) is 2.41. The Balaban J connectivity index is 1.77. The Morgan fingerprint density at radius 3 is 3.00 bits per heavy atom. The predicted molar refractivity (Wildman–Crippen MR) is 83.1 cm³/mol. The first kappa shape index (κ1) is 15.6. The number of fused-ring (bicyclic) bond motifs is 1. The van der Waals surface area contributed by atoms with Crippen molar-refractivity contribution in [1.29, 1.82) is 0 Å². The highest BCUT2D eigenvalue weighted by atomic mass is 16.5. The summed E-state index contributed by atoms with van der Waals surface area (Å²) in [7, 11) is 0. The van der Waals surface area contributed by atoms with Gasteiger partial charge in [-0.25, -0.2) is 0 Å². The number of hydrogen-bond donors (Lipinski definition) is 3. The lowest BCUT2D eigenvalue weighted by Crippen LogP contribution is -2.40. The van der Waals surface area contributed by atoms with Gasteiger partial charge in [0.15, 0.2) is 0 Å². The van der Waals surface area contributed by atoms with Gasteiger partial charge in [-0.1, -0.05) is 6.07 Å². The molecule has 5 heteroatoms. The molecule has 2 rings (SSSR count). The lowest BCUT2D eigenvalue weighted by atomic mass is 10.0. The van der Waals surface area contributed by atoms with Gasteiger partial charge in [0.2, 0.25) is 0 Å². The molecule has 5 nitrogen and oxygen atoms in total. The minimum Gasteiger partial charge on any atom is -0.484 e. The van der Waals surface area contributed by atoms with Crippen molar-refractivity contribution < 1.29 is 14.6 Å². The van der Waals surface area contributed by atoms with E-state index in [1.807, 2.05) is 6.07 Å². The van der Waals surface area contributed by atoms with Crippen LogP contribution in [0.2, 0.25) is 0 Å². The van der Waals surface area contributed by atoms with Gasteiger partial charge in [-0.3, -0.25) is 4.79 Å². The van der Waals surface area contributed by atoms with Crippen molar-refractivity contribution in [3.63, 3.8) is 0 Å². The van der Waals surface area contributed by atoms with Crippen LogP contribution in [0.25, 0.3) is 0 Å². The second kappa shape index (κ2) is 6.80. The molecular weight excluding hydrogens is 268 g/mol. The summed E-state index contributed by atoms with van der Waals surface area (Å²) >= 11 is 0. The van der Waals surface area contributed by atoms with E-state index in [0.717, 1.165) is 37.5 Å². The molecule has 0 fully saturated rings. The molecule has 1 aromatic carbocycles. The van der Waals surface area contributed by atoms with E-state index < -0.39 is 5.97 Å². The van der Waals surface area contributed by atoms with Crippen LogP contribution in [0.3, 0.4) is 0 Å². The number of ether oxygens (including phenoxy) is 1. The minimum atomic E-state index is -0.736. The van der Waals surface area contributed by atoms with Gasteiger partial charge < -0.3 is 20.5 Å². The Kier molecular flexibility index (Phi) is 5.07. The van der Waals surface area contributed by atoms with E-state index in [2.05, 4.69) is 36.6 Å². The summed E-state index contributed by atoms with van der Waals surface area (Å²) in [5.74, 6) is 0.171. The SMILES string of the molecule is CC1(C)CNc2cc(CCNCCCC(=O)O)ccc2O1. The maximum absolute atomic E-state index is 10.4. The van der Waals surface area contributed by atoms with Gasteiger partial charge in [0, 0.05) is 6.42 Å². The first-order valence-electron chi connectivity index (χ1n) is 7.45. The lowest BCUT2D eigenvalue weighted by Gasteiger charge is -2.33. The van der Waals surface area contributed by atoms with Crippen LogP contribution in [0.4, 0.5) is 5.69 Å². The molecule has 0 bridgehead atoms. The van der Waals surface area contributed by atoms with E-state index in [-0.39, 0.29) is 12.0 Å². The largest absolute Gasteiger partial charge is 0.484 e. The van der Waals surface area contributed by atoms with Crippen LogP contribution >= 0.6 is 0 Å². The van der Waals surface area contributed by atoms with E-state index in [1.165, 1.54) is 5.56 Å². The molecule has 0 aliphatic carbocycles. The fourth-order valence-electron chi connectivity index (χ4n) is 2.32. The maximum atomic E-state index is 10.4. The first-order valence-corrected chi connectivity index (χ1v) is 7.45. The van der Waals surface area contributed by atoms with Crippen LogP contribution in [0, 0.1) is 0 Å². The zero-order valence-corrected chi connectivity index (χ0v) is 12.7. The number of aliphatic carboxylic acids is 1. The van der Waals surface area contributed by atoms with E-state index in [0.29, 0.717) is 6.42 Å².